The van der Waals surface area contributed by atoms with Gasteiger partial charge in [-0.15, -0.1) is 0 Å². The molecule has 4 N–H and O–H groups in total. The van der Waals surface area contributed by atoms with E-state index >= 15 is 0 Å². The third-order valence-corrected chi connectivity index (χ3v) is 1.94. The van der Waals surface area contributed by atoms with E-state index in [1.54, 1.807) is 6.20 Å². The molecule has 0 bridgehead atoms. The molecular weight excluding hydrogens is 204 g/mol. The van der Waals surface area contributed by atoms with Gasteiger partial charge in [-0.25, -0.2) is 0 Å². The van der Waals surface area contributed by atoms with Crippen LogP contribution in [0.1, 0.15) is 18.6 Å². The van der Waals surface area contributed by atoms with E-state index in [0.29, 0.717) is 18.6 Å². The largest absolute Gasteiger partial charge is 0.435 e. The summed E-state index contributed by atoms with van der Waals surface area (Å²) in [4.78, 5) is 13.4. The fourth-order valence-electron chi connectivity index (χ4n) is 1.06. The SMILES string of the molecule is NC(=O)CCC(O)Cc1c[nH]c(=S)o1. The first-order valence-corrected chi connectivity index (χ1v) is 4.62. The van der Waals surface area contributed by atoms with Crippen molar-refractivity contribution in [3.8, 4) is 0 Å². The minimum atomic E-state index is -0.628. The Kier molecular flexibility index (Phi) is 3.84. The summed E-state index contributed by atoms with van der Waals surface area (Å²) in [5.74, 6) is 0.158. The van der Waals surface area contributed by atoms with Gasteiger partial charge in [0.2, 0.25) is 5.91 Å². The van der Waals surface area contributed by atoms with Crippen molar-refractivity contribution in [2.24, 2.45) is 5.73 Å². The number of carbonyl (C=O) groups excluding carboxylic acids is 1. The summed E-state index contributed by atoms with van der Waals surface area (Å²) in [6.07, 6.45) is 1.81. The molecule has 1 aromatic heterocycles. The van der Waals surface area contributed by atoms with Gasteiger partial charge in [-0.1, -0.05) is 0 Å². The first kappa shape index (κ1) is 10.9. The average Bonchev–Trinajstić information content (AvgIpc) is 2.48. The number of aromatic nitrogens is 1. The lowest BCUT2D eigenvalue weighted by atomic mass is 10.1. The standard InChI is InChI=1S/C8H12N2O3S/c9-7(12)2-1-5(11)3-6-4-10-8(14)13-6/h4-5,11H,1-3H2,(H2,9,12)(H,10,14). The Hall–Kier alpha value is -1.14. The Morgan fingerprint density at radius 3 is 3.00 bits per heavy atom. The molecule has 0 fully saturated rings. The normalized spacial score (nSPS) is 12.6. The average molecular weight is 216 g/mol. The Morgan fingerprint density at radius 1 is 1.79 bits per heavy atom. The van der Waals surface area contributed by atoms with E-state index in [9.17, 15) is 9.90 Å². The van der Waals surface area contributed by atoms with Gasteiger partial charge in [-0.05, 0) is 18.6 Å². The fraction of sp³-hybridized carbons (Fsp3) is 0.500. The van der Waals surface area contributed by atoms with Crippen LogP contribution in [0.2, 0.25) is 0 Å². The van der Waals surface area contributed by atoms with Crippen LogP contribution >= 0.6 is 12.2 Å². The van der Waals surface area contributed by atoms with Gasteiger partial charge in [0.25, 0.3) is 4.84 Å². The molecule has 0 aliphatic heterocycles. The quantitative estimate of drug-likeness (QED) is 0.625. The number of aliphatic hydroxyl groups excluding tert-OH is 1. The number of carbonyl (C=O) groups is 1. The number of hydrogen-bond acceptors (Lipinski definition) is 4. The third-order valence-electron chi connectivity index (χ3n) is 1.74. The van der Waals surface area contributed by atoms with Crippen molar-refractivity contribution < 1.29 is 14.3 Å². The molecule has 1 unspecified atom stereocenters. The van der Waals surface area contributed by atoms with E-state index in [0.717, 1.165) is 0 Å². The number of aliphatic hydroxyl groups is 1. The van der Waals surface area contributed by atoms with E-state index in [1.165, 1.54) is 0 Å². The Bertz CT molecular complexity index is 357. The van der Waals surface area contributed by atoms with Gasteiger partial charge in [-0.2, -0.15) is 0 Å². The van der Waals surface area contributed by atoms with Crippen LogP contribution in [0.4, 0.5) is 0 Å². The van der Waals surface area contributed by atoms with Crippen molar-refractivity contribution in [3.05, 3.63) is 16.8 Å². The molecule has 1 heterocycles. The van der Waals surface area contributed by atoms with Crippen LogP contribution in [0.5, 0.6) is 0 Å². The molecule has 0 saturated carbocycles. The zero-order valence-corrected chi connectivity index (χ0v) is 8.34. The van der Waals surface area contributed by atoms with Gasteiger partial charge < -0.3 is 20.2 Å². The summed E-state index contributed by atoms with van der Waals surface area (Å²) in [6, 6.07) is 0. The molecule has 5 nitrogen and oxygen atoms in total. The summed E-state index contributed by atoms with van der Waals surface area (Å²) in [6.45, 7) is 0. The third kappa shape index (κ3) is 3.71. The van der Waals surface area contributed by atoms with E-state index < -0.39 is 12.0 Å². The minimum absolute atomic E-state index is 0.173. The van der Waals surface area contributed by atoms with E-state index in [1.807, 2.05) is 0 Å². The predicted molar refractivity (Wildman–Crippen MR) is 52.0 cm³/mol. The van der Waals surface area contributed by atoms with Crippen LogP contribution in [-0.4, -0.2) is 22.1 Å². The van der Waals surface area contributed by atoms with Crippen molar-refractivity contribution in [2.75, 3.05) is 0 Å². The molecule has 1 amide bonds. The highest BCUT2D eigenvalue weighted by molar-refractivity contribution is 7.71. The Balaban J connectivity index is 2.37. The van der Waals surface area contributed by atoms with Gasteiger partial charge in [0.15, 0.2) is 0 Å². The Labute approximate surface area is 85.9 Å². The molecule has 0 aliphatic rings. The zero-order valence-electron chi connectivity index (χ0n) is 7.53. The van der Waals surface area contributed by atoms with Crippen LogP contribution in [0.3, 0.4) is 0 Å². The van der Waals surface area contributed by atoms with Gasteiger partial charge in [0.05, 0.1) is 6.10 Å². The van der Waals surface area contributed by atoms with Crippen LogP contribution in [0.15, 0.2) is 10.6 Å². The monoisotopic (exact) mass is 216 g/mol. The van der Waals surface area contributed by atoms with Crippen LogP contribution in [0.25, 0.3) is 0 Å². The van der Waals surface area contributed by atoms with Gasteiger partial charge in [0.1, 0.15) is 5.76 Å². The van der Waals surface area contributed by atoms with Gasteiger partial charge in [0, 0.05) is 19.0 Å². The van der Waals surface area contributed by atoms with Gasteiger partial charge >= 0.3 is 0 Å². The molecule has 1 aromatic rings. The number of nitrogens with one attached hydrogen (secondary N) is 1. The van der Waals surface area contributed by atoms with E-state index in [2.05, 4.69) is 4.98 Å². The number of nitrogens with two attached hydrogens (primary N) is 1. The second-order valence-corrected chi connectivity index (χ2v) is 3.38. The zero-order chi connectivity index (χ0) is 10.6. The summed E-state index contributed by atoms with van der Waals surface area (Å²) in [5, 5.41) is 9.45. The Morgan fingerprint density at radius 2 is 2.50 bits per heavy atom. The molecule has 1 atom stereocenters. The molecule has 1 rings (SSSR count). The topological polar surface area (TPSA) is 92.3 Å². The highest BCUT2D eigenvalue weighted by atomic mass is 32.1. The highest BCUT2D eigenvalue weighted by Gasteiger charge is 2.09. The summed E-state index contributed by atoms with van der Waals surface area (Å²) >= 11 is 4.71. The van der Waals surface area contributed by atoms with E-state index in [4.69, 9.17) is 22.4 Å². The van der Waals surface area contributed by atoms with Crippen molar-refractivity contribution in [1.29, 1.82) is 0 Å². The van der Waals surface area contributed by atoms with Crippen molar-refractivity contribution >= 4 is 18.1 Å². The number of aromatic amines is 1. The van der Waals surface area contributed by atoms with Crippen molar-refractivity contribution in [2.45, 2.75) is 25.4 Å². The fourth-order valence-corrected chi connectivity index (χ4v) is 1.23. The summed E-state index contributed by atoms with van der Waals surface area (Å²) in [5.41, 5.74) is 4.94. The lowest BCUT2D eigenvalue weighted by Crippen LogP contribution is -2.16. The number of oxazole rings is 1. The second-order valence-electron chi connectivity index (χ2n) is 3.01. The lowest BCUT2D eigenvalue weighted by Gasteiger charge is -2.05. The highest BCUT2D eigenvalue weighted by Crippen LogP contribution is 2.07. The molecule has 0 radical (unpaired) electrons. The molecule has 0 aliphatic carbocycles. The smallest absolute Gasteiger partial charge is 0.266 e. The molecule has 0 saturated heterocycles. The van der Waals surface area contributed by atoms with Crippen molar-refractivity contribution in [3.63, 3.8) is 0 Å². The number of amides is 1. The molecule has 0 spiro atoms. The predicted octanol–water partition coefficient (Wildman–Crippen LogP) is 0.506. The number of primary amides is 1. The van der Waals surface area contributed by atoms with Gasteiger partial charge in [-0.3, -0.25) is 4.79 Å². The second kappa shape index (κ2) is 4.92. The molecule has 6 heteroatoms. The number of H-pyrrole nitrogens is 1. The number of rotatable bonds is 5. The molecule has 78 valence electrons. The first-order chi connectivity index (χ1) is 6.58. The minimum Gasteiger partial charge on any atom is -0.435 e. The molecule has 14 heavy (non-hydrogen) atoms. The first-order valence-electron chi connectivity index (χ1n) is 4.21. The van der Waals surface area contributed by atoms with E-state index in [-0.39, 0.29) is 11.3 Å². The summed E-state index contributed by atoms with van der Waals surface area (Å²) < 4.78 is 5.04. The van der Waals surface area contributed by atoms with Crippen molar-refractivity contribution in [1.82, 2.24) is 4.98 Å². The molecule has 0 aromatic carbocycles. The summed E-state index contributed by atoms with van der Waals surface area (Å²) in [7, 11) is 0. The maximum atomic E-state index is 10.4. The van der Waals surface area contributed by atoms with Crippen LogP contribution < -0.4 is 5.73 Å². The lowest BCUT2D eigenvalue weighted by molar-refractivity contribution is -0.118. The molecular formula is C8H12N2O3S. The maximum absolute atomic E-state index is 10.4. The van der Waals surface area contributed by atoms with Crippen LogP contribution in [0, 0.1) is 4.84 Å². The van der Waals surface area contributed by atoms with Crippen LogP contribution in [-0.2, 0) is 11.2 Å². The maximum Gasteiger partial charge on any atom is 0.266 e. The number of hydrogen-bond donors (Lipinski definition) is 3.